The minimum absolute atomic E-state index is 0.00395. The van der Waals surface area contributed by atoms with E-state index in [-0.39, 0.29) is 24.3 Å². The molecule has 2 rings (SSSR count). The summed E-state index contributed by atoms with van der Waals surface area (Å²) >= 11 is 0. The molecule has 2 atom stereocenters. The van der Waals surface area contributed by atoms with Gasteiger partial charge in [-0.15, -0.1) is 0 Å². The summed E-state index contributed by atoms with van der Waals surface area (Å²) in [7, 11) is 0. The number of ketones is 1. The van der Waals surface area contributed by atoms with Gasteiger partial charge in [0.15, 0.2) is 0 Å². The molecular formula is C18H24O4. The van der Waals surface area contributed by atoms with Crippen molar-refractivity contribution >= 4 is 11.8 Å². The van der Waals surface area contributed by atoms with Crippen LogP contribution in [0, 0.1) is 11.8 Å². The van der Waals surface area contributed by atoms with Crippen LogP contribution in [-0.4, -0.2) is 25.0 Å². The summed E-state index contributed by atoms with van der Waals surface area (Å²) in [5, 5.41) is 0. The van der Waals surface area contributed by atoms with E-state index in [1.165, 1.54) is 0 Å². The highest BCUT2D eigenvalue weighted by Gasteiger charge is 2.41. The topological polar surface area (TPSA) is 52.6 Å². The number of unbranched alkanes of at least 4 members (excludes halogenated alkanes) is 2. The lowest BCUT2D eigenvalue weighted by Crippen LogP contribution is -2.28. The van der Waals surface area contributed by atoms with Gasteiger partial charge in [0.1, 0.15) is 11.7 Å². The summed E-state index contributed by atoms with van der Waals surface area (Å²) in [6.07, 6.45) is 3.38. The lowest BCUT2D eigenvalue weighted by atomic mass is 9.89. The van der Waals surface area contributed by atoms with E-state index in [0.29, 0.717) is 19.6 Å². The van der Waals surface area contributed by atoms with Gasteiger partial charge in [-0.3, -0.25) is 9.59 Å². The Morgan fingerprint density at radius 3 is 2.77 bits per heavy atom. The number of esters is 1. The second-order valence-corrected chi connectivity index (χ2v) is 5.79. The first-order chi connectivity index (χ1) is 10.7. The summed E-state index contributed by atoms with van der Waals surface area (Å²) in [5.74, 6) is -1.16. The van der Waals surface area contributed by atoms with E-state index in [1.54, 1.807) is 0 Å². The van der Waals surface area contributed by atoms with E-state index < -0.39 is 5.92 Å². The molecule has 4 nitrogen and oxygen atoms in total. The molecule has 1 aliphatic rings. The van der Waals surface area contributed by atoms with Crippen molar-refractivity contribution in [1.82, 2.24) is 0 Å². The van der Waals surface area contributed by atoms with E-state index in [0.717, 1.165) is 24.8 Å². The fraction of sp³-hybridized carbons (Fsp3) is 0.556. The summed E-state index contributed by atoms with van der Waals surface area (Å²) in [6.45, 7) is 3.25. The average Bonchev–Trinajstić information content (AvgIpc) is 2.89. The van der Waals surface area contributed by atoms with E-state index in [2.05, 4.69) is 6.92 Å². The van der Waals surface area contributed by atoms with Crippen LogP contribution >= 0.6 is 0 Å². The Kier molecular flexibility index (Phi) is 6.59. The SMILES string of the molecule is CCCCCC(=O)C1C(=O)OC[C@H]1COCc1ccccc1. The van der Waals surface area contributed by atoms with Crippen molar-refractivity contribution in [2.45, 2.75) is 39.2 Å². The second-order valence-electron chi connectivity index (χ2n) is 5.79. The standard InChI is InChI=1S/C18H24O4/c1-2-3-5-10-16(19)17-15(13-22-18(17)20)12-21-11-14-8-6-4-7-9-14/h4,6-9,15,17H,2-3,5,10-13H2,1H3/t15-,17?/m1/s1. The summed E-state index contributed by atoms with van der Waals surface area (Å²) in [4.78, 5) is 24.0. The molecule has 0 radical (unpaired) electrons. The molecule has 1 unspecified atom stereocenters. The van der Waals surface area contributed by atoms with Crippen LogP contribution in [0.2, 0.25) is 0 Å². The van der Waals surface area contributed by atoms with Crippen molar-refractivity contribution in [3.63, 3.8) is 0 Å². The van der Waals surface area contributed by atoms with Gasteiger partial charge in [-0.05, 0) is 12.0 Å². The normalized spacial score (nSPS) is 20.9. The highest BCUT2D eigenvalue weighted by atomic mass is 16.5. The van der Waals surface area contributed by atoms with Crippen LogP contribution in [0.4, 0.5) is 0 Å². The predicted octanol–water partition coefficient (Wildman–Crippen LogP) is 3.14. The Morgan fingerprint density at radius 2 is 2.05 bits per heavy atom. The molecule has 22 heavy (non-hydrogen) atoms. The molecule has 0 bridgehead atoms. The number of Topliss-reactive ketones (excluding diaryl/α,β-unsaturated/α-hetero) is 1. The molecule has 120 valence electrons. The highest BCUT2D eigenvalue weighted by Crippen LogP contribution is 2.25. The lowest BCUT2D eigenvalue weighted by Gasteiger charge is -2.14. The maximum Gasteiger partial charge on any atom is 0.316 e. The van der Waals surface area contributed by atoms with Crippen LogP contribution < -0.4 is 0 Å². The molecule has 1 aromatic carbocycles. The molecule has 0 saturated carbocycles. The van der Waals surface area contributed by atoms with E-state index in [1.807, 2.05) is 30.3 Å². The third-order valence-electron chi connectivity index (χ3n) is 3.98. The molecule has 1 fully saturated rings. The summed E-state index contributed by atoms with van der Waals surface area (Å²) in [5.41, 5.74) is 1.08. The van der Waals surface area contributed by atoms with Gasteiger partial charge in [-0.1, -0.05) is 50.1 Å². The smallest absolute Gasteiger partial charge is 0.316 e. The van der Waals surface area contributed by atoms with Crippen LogP contribution in [0.5, 0.6) is 0 Å². The Balaban J connectivity index is 1.81. The number of rotatable bonds is 9. The third kappa shape index (κ3) is 4.67. The molecule has 0 amide bonds. The van der Waals surface area contributed by atoms with Crippen molar-refractivity contribution < 1.29 is 19.1 Å². The third-order valence-corrected chi connectivity index (χ3v) is 3.98. The van der Waals surface area contributed by atoms with Crippen molar-refractivity contribution in [2.24, 2.45) is 11.8 Å². The lowest BCUT2D eigenvalue weighted by molar-refractivity contribution is -0.145. The largest absolute Gasteiger partial charge is 0.465 e. The molecule has 0 aromatic heterocycles. The van der Waals surface area contributed by atoms with Crippen LogP contribution in [0.25, 0.3) is 0 Å². The van der Waals surface area contributed by atoms with Crippen molar-refractivity contribution in [3.05, 3.63) is 35.9 Å². The van der Waals surface area contributed by atoms with Crippen molar-refractivity contribution in [2.75, 3.05) is 13.2 Å². The number of carbonyl (C=O) groups is 2. The van der Waals surface area contributed by atoms with Gasteiger partial charge in [-0.2, -0.15) is 0 Å². The fourth-order valence-corrected chi connectivity index (χ4v) is 2.71. The first kappa shape index (κ1) is 16.7. The zero-order valence-corrected chi connectivity index (χ0v) is 13.1. The van der Waals surface area contributed by atoms with Crippen LogP contribution in [-0.2, 0) is 25.7 Å². The van der Waals surface area contributed by atoms with E-state index in [9.17, 15) is 9.59 Å². The highest BCUT2D eigenvalue weighted by molar-refractivity contribution is 6.00. The Hall–Kier alpha value is -1.68. The summed E-state index contributed by atoms with van der Waals surface area (Å²) < 4.78 is 10.7. The number of hydrogen-bond acceptors (Lipinski definition) is 4. The minimum Gasteiger partial charge on any atom is -0.465 e. The van der Waals surface area contributed by atoms with Gasteiger partial charge in [-0.25, -0.2) is 0 Å². The van der Waals surface area contributed by atoms with Gasteiger partial charge >= 0.3 is 5.97 Å². The maximum absolute atomic E-state index is 12.2. The van der Waals surface area contributed by atoms with Gasteiger partial charge in [0.2, 0.25) is 0 Å². The Bertz CT molecular complexity index is 483. The Morgan fingerprint density at radius 1 is 1.27 bits per heavy atom. The van der Waals surface area contributed by atoms with Gasteiger partial charge in [0, 0.05) is 12.3 Å². The average molecular weight is 304 g/mol. The number of carbonyl (C=O) groups excluding carboxylic acids is 2. The molecule has 1 heterocycles. The molecule has 1 aliphatic heterocycles. The second kappa shape index (κ2) is 8.69. The zero-order chi connectivity index (χ0) is 15.8. The predicted molar refractivity (Wildman–Crippen MR) is 83.2 cm³/mol. The minimum atomic E-state index is -0.632. The quantitative estimate of drug-likeness (QED) is 0.399. The number of benzene rings is 1. The molecule has 4 heteroatoms. The van der Waals surface area contributed by atoms with Crippen LogP contribution in [0.1, 0.15) is 38.2 Å². The van der Waals surface area contributed by atoms with Crippen molar-refractivity contribution in [1.29, 1.82) is 0 Å². The zero-order valence-electron chi connectivity index (χ0n) is 13.1. The number of ether oxygens (including phenoxy) is 2. The molecule has 0 aliphatic carbocycles. The van der Waals surface area contributed by atoms with Crippen LogP contribution in [0.15, 0.2) is 30.3 Å². The molecule has 0 N–H and O–H groups in total. The first-order valence-corrected chi connectivity index (χ1v) is 8.03. The fourth-order valence-electron chi connectivity index (χ4n) is 2.71. The molecule has 1 saturated heterocycles. The van der Waals surface area contributed by atoms with Gasteiger partial charge in [0.05, 0.1) is 19.8 Å². The number of cyclic esters (lactones) is 1. The maximum atomic E-state index is 12.2. The van der Waals surface area contributed by atoms with E-state index >= 15 is 0 Å². The van der Waals surface area contributed by atoms with E-state index in [4.69, 9.17) is 9.47 Å². The van der Waals surface area contributed by atoms with Gasteiger partial charge in [0.25, 0.3) is 0 Å². The molecule has 1 aromatic rings. The summed E-state index contributed by atoms with van der Waals surface area (Å²) in [6, 6.07) is 9.85. The Labute approximate surface area is 131 Å². The first-order valence-electron chi connectivity index (χ1n) is 8.03. The monoisotopic (exact) mass is 304 g/mol. The number of hydrogen-bond donors (Lipinski definition) is 0. The van der Waals surface area contributed by atoms with Gasteiger partial charge < -0.3 is 9.47 Å². The van der Waals surface area contributed by atoms with Crippen LogP contribution in [0.3, 0.4) is 0 Å². The van der Waals surface area contributed by atoms with Crippen molar-refractivity contribution in [3.8, 4) is 0 Å². The molecule has 0 spiro atoms. The molecular weight excluding hydrogens is 280 g/mol.